The summed E-state index contributed by atoms with van der Waals surface area (Å²) < 4.78 is 0. The van der Waals surface area contributed by atoms with E-state index in [9.17, 15) is 0 Å². The van der Waals surface area contributed by atoms with Gasteiger partial charge in [-0.05, 0) is 31.1 Å². The van der Waals surface area contributed by atoms with Crippen molar-refractivity contribution in [1.29, 1.82) is 0 Å². The third kappa shape index (κ3) is 0.855. The molecule has 0 bridgehead atoms. The predicted molar refractivity (Wildman–Crippen MR) is 51.7 cm³/mol. The zero-order valence-corrected chi connectivity index (χ0v) is 7.46. The molecular formula is C12H12. The maximum absolute atomic E-state index is 3.25. The Bertz CT molecular complexity index is 357. The molecule has 1 atom stereocenters. The molecule has 0 N–H and O–H groups in total. The zero-order valence-electron chi connectivity index (χ0n) is 7.46. The molecule has 0 unspecified atom stereocenters. The van der Waals surface area contributed by atoms with Crippen LogP contribution in [0, 0.1) is 5.41 Å². The van der Waals surface area contributed by atoms with Crippen LogP contribution < -0.4 is 0 Å². The molecule has 0 aromatic rings. The molecule has 2 aliphatic carbocycles. The van der Waals surface area contributed by atoms with Gasteiger partial charge in [-0.2, -0.15) is 0 Å². The van der Waals surface area contributed by atoms with Gasteiger partial charge in [-0.15, -0.1) is 5.73 Å². The Morgan fingerprint density at radius 2 is 2.17 bits per heavy atom. The molecule has 0 radical (unpaired) electrons. The second kappa shape index (κ2) is 2.36. The van der Waals surface area contributed by atoms with E-state index in [-0.39, 0.29) is 5.41 Å². The van der Waals surface area contributed by atoms with Crippen LogP contribution in [-0.2, 0) is 0 Å². The molecule has 60 valence electrons. The Kier molecular flexibility index (Phi) is 1.46. The van der Waals surface area contributed by atoms with E-state index < -0.39 is 0 Å². The summed E-state index contributed by atoms with van der Waals surface area (Å²) in [6.45, 7) is 4.36. The smallest absolute Gasteiger partial charge is 0.0388 e. The Balaban J connectivity index is 2.61. The maximum atomic E-state index is 3.25. The topological polar surface area (TPSA) is 0 Å². The van der Waals surface area contributed by atoms with Crippen molar-refractivity contribution in [2.24, 2.45) is 5.41 Å². The van der Waals surface area contributed by atoms with Crippen LogP contribution in [0.5, 0.6) is 0 Å². The molecule has 2 aliphatic rings. The normalized spacial score (nSPS) is 31.2. The first-order valence-corrected chi connectivity index (χ1v) is 4.24. The third-order valence-electron chi connectivity index (χ3n) is 2.76. The van der Waals surface area contributed by atoms with Gasteiger partial charge in [0.1, 0.15) is 0 Å². The Morgan fingerprint density at radius 1 is 1.33 bits per heavy atom. The van der Waals surface area contributed by atoms with Gasteiger partial charge in [0.05, 0.1) is 0 Å². The summed E-state index contributed by atoms with van der Waals surface area (Å²) in [5.74, 6) is 0. The molecule has 0 heterocycles. The third-order valence-corrected chi connectivity index (χ3v) is 2.76. The van der Waals surface area contributed by atoms with Crippen LogP contribution in [0.1, 0.15) is 13.8 Å². The van der Waals surface area contributed by atoms with Gasteiger partial charge >= 0.3 is 0 Å². The highest BCUT2D eigenvalue weighted by Gasteiger charge is 2.28. The van der Waals surface area contributed by atoms with Crippen molar-refractivity contribution in [2.45, 2.75) is 13.8 Å². The largest absolute Gasteiger partial charge is 0.121 e. The number of hydrogen-bond acceptors (Lipinski definition) is 0. The highest BCUT2D eigenvalue weighted by Crippen LogP contribution is 2.40. The molecule has 0 nitrogen and oxygen atoms in total. The maximum Gasteiger partial charge on any atom is 0.0388 e. The minimum absolute atomic E-state index is 0.101. The molecule has 0 aromatic heterocycles. The van der Waals surface area contributed by atoms with Crippen molar-refractivity contribution in [1.82, 2.24) is 0 Å². The van der Waals surface area contributed by atoms with Gasteiger partial charge in [0.2, 0.25) is 0 Å². The van der Waals surface area contributed by atoms with Gasteiger partial charge in [0, 0.05) is 5.41 Å². The van der Waals surface area contributed by atoms with Gasteiger partial charge in [0.15, 0.2) is 0 Å². The van der Waals surface area contributed by atoms with Crippen LogP contribution in [-0.4, -0.2) is 0 Å². The molecular weight excluding hydrogens is 144 g/mol. The van der Waals surface area contributed by atoms with Gasteiger partial charge in [-0.3, -0.25) is 0 Å². The number of rotatable bonds is 0. The van der Waals surface area contributed by atoms with Crippen molar-refractivity contribution in [3.63, 3.8) is 0 Å². The van der Waals surface area contributed by atoms with E-state index in [1.165, 1.54) is 11.1 Å². The van der Waals surface area contributed by atoms with Crippen LogP contribution in [0.4, 0.5) is 0 Å². The van der Waals surface area contributed by atoms with Crippen LogP contribution >= 0.6 is 0 Å². The predicted octanol–water partition coefficient (Wildman–Crippen LogP) is 3.16. The summed E-state index contributed by atoms with van der Waals surface area (Å²) in [5.41, 5.74) is 6.01. The van der Waals surface area contributed by atoms with Crippen LogP contribution in [0.25, 0.3) is 0 Å². The summed E-state index contributed by atoms with van der Waals surface area (Å²) in [5, 5.41) is 0. The molecule has 2 rings (SSSR count). The average molecular weight is 156 g/mol. The van der Waals surface area contributed by atoms with E-state index >= 15 is 0 Å². The lowest BCUT2D eigenvalue weighted by atomic mass is 9.72. The fourth-order valence-corrected chi connectivity index (χ4v) is 1.65. The number of allylic oxidation sites excluding steroid dienone is 7. The van der Waals surface area contributed by atoms with E-state index in [4.69, 9.17) is 0 Å². The van der Waals surface area contributed by atoms with E-state index in [1.807, 2.05) is 6.08 Å². The quantitative estimate of drug-likeness (QED) is 0.472. The first-order chi connectivity index (χ1) is 5.73. The van der Waals surface area contributed by atoms with Crippen molar-refractivity contribution in [3.8, 4) is 0 Å². The molecule has 0 fully saturated rings. The lowest BCUT2D eigenvalue weighted by Gasteiger charge is -2.30. The minimum atomic E-state index is 0.101. The van der Waals surface area contributed by atoms with Crippen LogP contribution in [0.15, 0.2) is 53.3 Å². The average Bonchev–Trinajstić information content (AvgIpc) is 2.07. The summed E-state index contributed by atoms with van der Waals surface area (Å²) in [6, 6.07) is 0. The Morgan fingerprint density at radius 3 is 2.92 bits per heavy atom. The van der Waals surface area contributed by atoms with Crippen LogP contribution in [0.3, 0.4) is 0 Å². The first-order valence-electron chi connectivity index (χ1n) is 4.24. The lowest BCUT2D eigenvalue weighted by molar-refractivity contribution is 0.624. The molecule has 12 heavy (non-hydrogen) atoms. The lowest BCUT2D eigenvalue weighted by Crippen LogP contribution is -2.19. The zero-order chi connectivity index (χ0) is 8.60. The van der Waals surface area contributed by atoms with Gasteiger partial charge in [0.25, 0.3) is 0 Å². The molecule has 0 aromatic carbocycles. The Hall–Kier alpha value is -1.26. The highest BCUT2D eigenvalue weighted by atomic mass is 14.3. The highest BCUT2D eigenvalue weighted by molar-refractivity contribution is 5.48. The standard InChI is InChI=1S/C12H12/c1-10-6-5-8-11-7-3-4-9-12(10,11)2/h3-5,7-9H,1-2H3/t12-/m0/s1. The summed E-state index contributed by atoms with van der Waals surface area (Å²) in [4.78, 5) is 0. The summed E-state index contributed by atoms with van der Waals surface area (Å²) >= 11 is 0. The molecule has 0 saturated carbocycles. The van der Waals surface area contributed by atoms with E-state index in [1.54, 1.807) is 0 Å². The minimum Gasteiger partial charge on any atom is -0.121 e. The van der Waals surface area contributed by atoms with Gasteiger partial charge in [-0.1, -0.05) is 30.4 Å². The first kappa shape index (κ1) is 7.39. The van der Waals surface area contributed by atoms with Crippen LogP contribution in [0.2, 0.25) is 0 Å². The monoisotopic (exact) mass is 156 g/mol. The molecule has 0 heteroatoms. The fourth-order valence-electron chi connectivity index (χ4n) is 1.65. The molecule has 0 aliphatic heterocycles. The Labute approximate surface area is 73.3 Å². The number of hydrogen-bond donors (Lipinski definition) is 0. The van der Waals surface area contributed by atoms with E-state index in [2.05, 4.69) is 50.0 Å². The number of fused-ring (bicyclic) bond motifs is 1. The van der Waals surface area contributed by atoms with Crippen molar-refractivity contribution >= 4 is 0 Å². The second-order valence-corrected chi connectivity index (χ2v) is 3.48. The second-order valence-electron chi connectivity index (χ2n) is 3.48. The SMILES string of the molecule is CC1=C=CC=C2C=CC=C[C@@]12C. The van der Waals surface area contributed by atoms with E-state index in [0.717, 1.165) is 0 Å². The van der Waals surface area contributed by atoms with Crippen molar-refractivity contribution in [2.75, 3.05) is 0 Å². The summed E-state index contributed by atoms with van der Waals surface area (Å²) in [6.07, 6.45) is 12.7. The van der Waals surface area contributed by atoms with Gasteiger partial charge < -0.3 is 0 Å². The van der Waals surface area contributed by atoms with Crippen molar-refractivity contribution < 1.29 is 0 Å². The van der Waals surface area contributed by atoms with Crippen molar-refractivity contribution in [3.05, 3.63) is 53.3 Å². The molecule has 0 spiro atoms. The summed E-state index contributed by atoms with van der Waals surface area (Å²) in [7, 11) is 0. The fraction of sp³-hybridized carbons (Fsp3) is 0.250. The molecule has 0 amide bonds. The molecule has 0 saturated heterocycles. The van der Waals surface area contributed by atoms with Gasteiger partial charge in [-0.25, -0.2) is 0 Å². The van der Waals surface area contributed by atoms with E-state index in [0.29, 0.717) is 0 Å².